The Balaban J connectivity index is 2.89. The third kappa shape index (κ3) is 4.00. The zero-order valence-electron chi connectivity index (χ0n) is 11.1. The molecule has 0 aliphatic carbocycles. The average molecular weight is 248 g/mol. The fourth-order valence-corrected chi connectivity index (χ4v) is 1.65. The lowest BCUT2D eigenvalue weighted by molar-refractivity contribution is 0.0988. The van der Waals surface area contributed by atoms with Crippen LogP contribution in [0.4, 0.5) is 0 Å². The standard InChI is InChI=1S/C15H20O3/c1-4-6-13-11-12(14(16)5-2)7-8-15(13)18-10-9-17-3/h4,7-8,11H,1,5-6,9-10H2,2-3H3. The molecule has 18 heavy (non-hydrogen) atoms. The lowest BCUT2D eigenvalue weighted by atomic mass is 10.0. The van der Waals surface area contributed by atoms with Crippen molar-refractivity contribution in [1.29, 1.82) is 0 Å². The Labute approximate surface area is 108 Å². The summed E-state index contributed by atoms with van der Waals surface area (Å²) in [5.74, 6) is 0.934. The van der Waals surface area contributed by atoms with Crippen LogP contribution in [0.5, 0.6) is 5.75 Å². The van der Waals surface area contributed by atoms with Crippen molar-refractivity contribution in [3.05, 3.63) is 42.0 Å². The third-order valence-corrected chi connectivity index (χ3v) is 2.61. The number of hydrogen-bond acceptors (Lipinski definition) is 3. The van der Waals surface area contributed by atoms with Crippen LogP contribution in [0.1, 0.15) is 29.3 Å². The number of benzene rings is 1. The Kier molecular flexibility index (Phi) is 6.15. The molecule has 0 aliphatic heterocycles. The van der Waals surface area contributed by atoms with Crippen LogP contribution in [-0.2, 0) is 11.2 Å². The number of methoxy groups -OCH3 is 1. The maximum atomic E-state index is 11.7. The van der Waals surface area contributed by atoms with Crippen molar-refractivity contribution in [3.8, 4) is 5.75 Å². The van der Waals surface area contributed by atoms with Gasteiger partial charge in [0.05, 0.1) is 6.61 Å². The van der Waals surface area contributed by atoms with Crippen molar-refractivity contribution in [2.45, 2.75) is 19.8 Å². The van der Waals surface area contributed by atoms with Crippen LogP contribution < -0.4 is 4.74 Å². The zero-order valence-corrected chi connectivity index (χ0v) is 11.1. The predicted molar refractivity (Wildman–Crippen MR) is 72.3 cm³/mol. The summed E-state index contributed by atoms with van der Waals surface area (Å²) >= 11 is 0. The molecule has 0 bridgehead atoms. The van der Waals surface area contributed by atoms with E-state index in [9.17, 15) is 4.79 Å². The molecule has 98 valence electrons. The number of Topliss-reactive ketones (excluding diaryl/α,β-unsaturated/α-hetero) is 1. The molecule has 3 heteroatoms. The molecule has 1 aromatic rings. The summed E-state index contributed by atoms with van der Waals surface area (Å²) in [6.07, 6.45) is 3.00. The van der Waals surface area contributed by atoms with Crippen molar-refractivity contribution in [3.63, 3.8) is 0 Å². The van der Waals surface area contributed by atoms with Gasteiger partial charge in [0.25, 0.3) is 0 Å². The fraction of sp³-hybridized carbons (Fsp3) is 0.400. The van der Waals surface area contributed by atoms with Gasteiger partial charge in [0.1, 0.15) is 12.4 Å². The van der Waals surface area contributed by atoms with Gasteiger partial charge >= 0.3 is 0 Å². The minimum Gasteiger partial charge on any atom is -0.491 e. The normalized spacial score (nSPS) is 10.1. The number of carbonyl (C=O) groups is 1. The van der Waals surface area contributed by atoms with E-state index in [0.29, 0.717) is 26.1 Å². The van der Waals surface area contributed by atoms with E-state index in [-0.39, 0.29) is 5.78 Å². The average Bonchev–Trinajstić information content (AvgIpc) is 2.40. The molecule has 0 aromatic heterocycles. The molecular weight excluding hydrogens is 228 g/mol. The summed E-state index contributed by atoms with van der Waals surface area (Å²) in [7, 11) is 1.64. The van der Waals surface area contributed by atoms with E-state index in [4.69, 9.17) is 9.47 Å². The highest BCUT2D eigenvalue weighted by molar-refractivity contribution is 5.96. The quantitative estimate of drug-likeness (QED) is 0.403. The summed E-state index contributed by atoms with van der Waals surface area (Å²) < 4.78 is 10.6. The van der Waals surface area contributed by atoms with Gasteiger partial charge in [0, 0.05) is 19.1 Å². The monoisotopic (exact) mass is 248 g/mol. The van der Waals surface area contributed by atoms with Crippen LogP contribution in [0.25, 0.3) is 0 Å². The Morgan fingerprint density at radius 3 is 2.78 bits per heavy atom. The number of ether oxygens (including phenoxy) is 2. The first-order valence-corrected chi connectivity index (χ1v) is 6.11. The molecule has 0 aliphatic rings. The Bertz CT molecular complexity index is 410. The second-order valence-corrected chi connectivity index (χ2v) is 3.93. The van der Waals surface area contributed by atoms with Crippen LogP contribution >= 0.6 is 0 Å². The minimum atomic E-state index is 0.142. The van der Waals surface area contributed by atoms with Gasteiger partial charge in [-0.3, -0.25) is 4.79 Å². The van der Waals surface area contributed by atoms with E-state index < -0.39 is 0 Å². The zero-order chi connectivity index (χ0) is 13.4. The largest absolute Gasteiger partial charge is 0.491 e. The first-order chi connectivity index (χ1) is 8.72. The lowest BCUT2D eigenvalue weighted by Gasteiger charge is -2.11. The van der Waals surface area contributed by atoms with Crippen LogP contribution in [0.2, 0.25) is 0 Å². The lowest BCUT2D eigenvalue weighted by Crippen LogP contribution is -2.07. The second-order valence-electron chi connectivity index (χ2n) is 3.93. The van der Waals surface area contributed by atoms with Crippen molar-refractivity contribution >= 4 is 5.78 Å². The van der Waals surface area contributed by atoms with Gasteiger partial charge in [-0.15, -0.1) is 6.58 Å². The van der Waals surface area contributed by atoms with E-state index in [1.807, 2.05) is 19.1 Å². The van der Waals surface area contributed by atoms with E-state index in [2.05, 4.69) is 6.58 Å². The number of carbonyl (C=O) groups excluding carboxylic acids is 1. The van der Waals surface area contributed by atoms with Gasteiger partial charge in [-0.05, 0) is 30.2 Å². The highest BCUT2D eigenvalue weighted by atomic mass is 16.5. The SMILES string of the molecule is C=CCc1cc(C(=O)CC)ccc1OCCOC. The molecule has 0 unspecified atom stereocenters. The number of allylic oxidation sites excluding steroid dienone is 1. The number of rotatable bonds is 8. The van der Waals surface area contributed by atoms with Gasteiger partial charge in [-0.2, -0.15) is 0 Å². The van der Waals surface area contributed by atoms with Gasteiger partial charge in [-0.1, -0.05) is 13.0 Å². The summed E-state index contributed by atoms with van der Waals surface area (Å²) in [5.41, 5.74) is 1.72. The summed E-state index contributed by atoms with van der Waals surface area (Å²) in [6.45, 7) is 6.63. The molecule has 3 nitrogen and oxygen atoms in total. The van der Waals surface area contributed by atoms with Crippen molar-refractivity contribution in [1.82, 2.24) is 0 Å². The Hall–Kier alpha value is -1.61. The molecule has 0 spiro atoms. The van der Waals surface area contributed by atoms with Crippen LogP contribution in [0, 0.1) is 0 Å². The maximum Gasteiger partial charge on any atom is 0.162 e. The van der Waals surface area contributed by atoms with Crippen LogP contribution in [-0.4, -0.2) is 26.1 Å². The van der Waals surface area contributed by atoms with Gasteiger partial charge in [0.2, 0.25) is 0 Å². The van der Waals surface area contributed by atoms with E-state index in [0.717, 1.165) is 16.9 Å². The van der Waals surface area contributed by atoms with Crippen molar-refractivity contribution in [2.24, 2.45) is 0 Å². The molecular formula is C15H20O3. The molecule has 0 fully saturated rings. The highest BCUT2D eigenvalue weighted by Crippen LogP contribution is 2.22. The third-order valence-electron chi connectivity index (χ3n) is 2.61. The topological polar surface area (TPSA) is 35.5 Å². The van der Waals surface area contributed by atoms with E-state index in [1.54, 1.807) is 19.3 Å². The summed E-state index contributed by atoms with van der Waals surface area (Å²) in [6, 6.07) is 5.54. The first kappa shape index (κ1) is 14.5. The second kappa shape index (κ2) is 7.67. The fourth-order valence-electron chi connectivity index (χ4n) is 1.65. The molecule has 1 aromatic carbocycles. The maximum absolute atomic E-state index is 11.7. The predicted octanol–water partition coefficient (Wildman–Crippen LogP) is 3.03. The first-order valence-electron chi connectivity index (χ1n) is 6.11. The highest BCUT2D eigenvalue weighted by Gasteiger charge is 2.08. The molecule has 0 N–H and O–H groups in total. The van der Waals surface area contributed by atoms with Gasteiger partial charge in [-0.25, -0.2) is 0 Å². The van der Waals surface area contributed by atoms with Crippen molar-refractivity contribution < 1.29 is 14.3 Å². The number of hydrogen-bond donors (Lipinski definition) is 0. The Morgan fingerprint density at radius 1 is 1.39 bits per heavy atom. The van der Waals surface area contributed by atoms with Crippen LogP contribution in [0.3, 0.4) is 0 Å². The van der Waals surface area contributed by atoms with Gasteiger partial charge < -0.3 is 9.47 Å². The Morgan fingerprint density at radius 2 is 2.17 bits per heavy atom. The molecule has 0 heterocycles. The molecule has 0 saturated heterocycles. The van der Waals surface area contributed by atoms with E-state index >= 15 is 0 Å². The molecule has 1 rings (SSSR count). The minimum absolute atomic E-state index is 0.142. The van der Waals surface area contributed by atoms with Crippen LogP contribution in [0.15, 0.2) is 30.9 Å². The smallest absolute Gasteiger partial charge is 0.162 e. The van der Waals surface area contributed by atoms with Crippen molar-refractivity contribution in [2.75, 3.05) is 20.3 Å². The molecule has 0 radical (unpaired) electrons. The van der Waals surface area contributed by atoms with E-state index in [1.165, 1.54) is 0 Å². The summed E-state index contributed by atoms with van der Waals surface area (Å²) in [4.78, 5) is 11.7. The molecule has 0 amide bonds. The molecule has 0 saturated carbocycles. The molecule has 0 atom stereocenters. The number of ketones is 1. The summed E-state index contributed by atoms with van der Waals surface area (Å²) in [5, 5.41) is 0. The van der Waals surface area contributed by atoms with Gasteiger partial charge in [0.15, 0.2) is 5.78 Å².